The number of aryl methyl sites for hydroxylation is 1. The molecule has 0 spiro atoms. The van der Waals surface area contributed by atoms with Crippen LogP contribution in [0.3, 0.4) is 0 Å². The quantitative estimate of drug-likeness (QED) is 0.893. The van der Waals surface area contributed by atoms with Gasteiger partial charge in [-0.1, -0.05) is 0 Å². The van der Waals surface area contributed by atoms with Gasteiger partial charge < -0.3 is 14.8 Å². The lowest BCUT2D eigenvalue weighted by molar-refractivity contribution is 0.400. The molecule has 0 radical (unpaired) electrons. The lowest BCUT2D eigenvalue weighted by Gasteiger charge is -2.10. The molecule has 0 atom stereocenters. The zero-order chi connectivity index (χ0) is 13.8. The van der Waals surface area contributed by atoms with E-state index >= 15 is 0 Å². The van der Waals surface area contributed by atoms with Crippen LogP contribution in [0.2, 0.25) is 0 Å². The Hall–Kier alpha value is -2.01. The molecule has 0 aliphatic carbocycles. The first kappa shape index (κ1) is 13.4. The second-order valence-corrected chi connectivity index (χ2v) is 4.25. The molecule has 5 nitrogen and oxygen atoms in total. The second kappa shape index (κ2) is 5.75. The summed E-state index contributed by atoms with van der Waals surface area (Å²) in [5.74, 6) is 1.54. The molecule has 1 N–H and O–H groups in total. The summed E-state index contributed by atoms with van der Waals surface area (Å²) in [6.45, 7) is 2.79. The van der Waals surface area contributed by atoms with Crippen molar-refractivity contribution in [1.82, 2.24) is 15.1 Å². The molecule has 0 amide bonds. The zero-order valence-electron chi connectivity index (χ0n) is 11.7. The van der Waals surface area contributed by atoms with Crippen LogP contribution in [0.1, 0.15) is 11.3 Å². The Morgan fingerprint density at radius 1 is 1.26 bits per heavy atom. The number of rotatable bonds is 5. The van der Waals surface area contributed by atoms with Gasteiger partial charge in [0.15, 0.2) is 0 Å². The summed E-state index contributed by atoms with van der Waals surface area (Å²) in [7, 11) is 5.21. The third-order valence-electron chi connectivity index (χ3n) is 3.00. The predicted molar refractivity (Wildman–Crippen MR) is 74.2 cm³/mol. The highest BCUT2D eigenvalue weighted by Crippen LogP contribution is 2.27. The third kappa shape index (κ3) is 2.71. The highest BCUT2D eigenvalue weighted by atomic mass is 16.5. The van der Waals surface area contributed by atoms with Crippen molar-refractivity contribution in [1.29, 1.82) is 0 Å². The summed E-state index contributed by atoms with van der Waals surface area (Å²) in [6.07, 6.45) is 2.00. The van der Waals surface area contributed by atoms with E-state index in [9.17, 15) is 0 Å². The van der Waals surface area contributed by atoms with Gasteiger partial charge in [-0.25, -0.2) is 4.68 Å². The van der Waals surface area contributed by atoms with Gasteiger partial charge in [-0.2, -0.15) is 5.10 Å². The van der Waals surface area contributed by atoms with Crippen molar-refractivity contribution in [3.63, 3.8) is 0 Å². The molecule has 0 bridgehead atoms. The van der Waals surface area contributed by atoms with Gasteiger partial charge in [-0.05, 0) is 26.1 Å². The maximum Gasteiger partial charge on any atom is 0.144 e. The van der Waals surface area contributed by atoms with Crippen LogP contribution in [0.25, 0.3) is 5.69 Å². The minimum absolute atomic E-state index is 0.763. The molecule has 1 heterocycles. The third-order valence-corrected chi connectivity index (χ3v) is 3.00. The van der Waals surface area contributed by atoms with Crippen molar-refractivity contribution in [3.05, 3.63) is 35.7 Å². The van der Waals surface area contributed by atoms with E-state index in [1.54, 1.807) is 14.2 Å². The van der Waals surface area contributed by atoms with Crippen LogP contribution in [-0.2, 0) is 6.54 Å². The van der Waals surface area contributed by atoms with Crippen molar-refractivity contribution in [3.8, 4) is 17.2 Å². The Bertz CT molecular complexity index is 564. The number of methoxy groups -OCH3 is 2. The van der Waals surface area contributed by atoms with Gasteiger partial charge in [-0.15, -0.1) is 0 Å². The molecule has 0 saturated carbocycles. The molecule has 0 aliphatic heterocycles. The summed E-state index contributed by atoms with van der Waals surface area (Å²) < 4.78 is 12.5. The van der Waals surface area contributed by atoms with Crippen LogP contribution in [0, 0.1) is 6.92 Å². The number of aromatic nitrogens is 2. The Kier molecular flexibility index (Phi) is 4.06. The zero-order valence-corrected chi connectivity index (χ0v) is 11.7. The molecule has 1 aromatic carbocycles. The second-order valence-electron chi connectivity index (χ2n) is 4.25. The average Bonchev–Trinajstić information content (AvgIpc) is 2.80. The monoisotopic (exact) mass is 261 g/mol. The normalized spacial score (nSPS) is 10.5. The van der Waals surface area contributed by atoms with Crippen molar-refractivity contribution in [2.24, 2.45) is 0 Å². The van der Waals surface area contributed by atoms with Crippen molar-refractivity contribution in [2.75, 3.05) is 21.3 Å². The number of nitrogens with zero attached hydrogens (tertiary/aromatic N) is 2. The van der Waals surface area contributed by atoms with Crippen LogP contribution in [0.4, 0.5) is 0 Å². The fourth-order valence-corrected chi connectivity index (χ4v) is 1.96. The van der Waals surface area contributed by atoms with Crippen LogP contribution < -0.4 is 14.8 Å². The molecule has 2 aromatic rings. The van der Waals surface area contributed by atoms with E-state index in [0.717, 1.165) is 35.0 Å². The molecule has 0 fully saturated rings. The standard InChI is InChI=1S/C14H19N3O2/c1-10-11(8-15-2)9-17(16-10)13-7-12(18-3)5-6-14(13)19-4/h5-7,9,15H,8H2,1-4H3. The van der Waals surface area contributed by atoms with E-state index in [-0.39, 0.29) is 0 Å². The average molecular weight is 261 g/mol. The van der Waals surface area contributed by atoms with E-state index < -0.39 is 0 Å². The molecule has 19 heavy (non-hydrogen) atoms. The largest absolute Gasteiger partial charge is 0.497 e. The number of nitrogens with one attached hydrogen (secondary N) is 1. The number of hydrogen-bond acceptors (Lipinski definition) is 4. The highest BCUT2D eigenvalue weighted by Gasteiger charge is 2.11. The van der Waals surface area contributed by atoms with Crippen molar-refractivity contribution < 1.29 is 9.47 Å². The molecule has 0 aliphatic rings. The van der Waals surface area contributed by atoms with Gasteiger partial charge in [0.1, 0.15) is 17.2 Å². The highest BCUT2D eigenvalue weighted by molar-refractivity contribution is 5.51. The summed E-state index contributed by atoms with van der Waals surface area (Å²) in [5, 5.41) is 7.66. The molecule has 5 heteroatoms. The summed E-state index contributed by atoms with van der Waals surface area (Å²) in [4.78, 5) is 0. The maximum absolute atomic E-state index is 5.38. The lowest BCUT2D eigenvalue weighted by Crippen LogP contribution is -2.05. The lowest BCUT2D eigenvalue weighted by atomic mass is 10.2. The minimum Gasteiger partial charge on any atom is -0.497 e. The molecule has 2 rings (SSSR count). The van der Waals surface area contributed by atoms with Crippen LogP contribution in [0.15, 0.2) is 24.4 Å². The Morgan fingerprint density at radius 2 is 2.05 bits per heavy atom. The smallest absolute Gasteiger partial charge is 0.144 e. The van der Waals surface area contributed by atoms with Crippen molar-refractivity contribution >= 4 is 0 Å². The van der Waals surface area contributed by atoms with E-state index in [1.807, 2.05) is 43.0 Å². The van der Waals surface area contributed by atoms with Gasteiger partial charge in [0.25, 0.3) is 0 Å². The summed E-state index contributed by atoms with van der Waals surface area (Å²) in [5.41, 5.74) is 3.03. The number of hydrogen-bond donors (Lipinski definition) is 1. The predicted octanol–water partition coefficient (Wildman–Crippen LogP) is 1.92. The molecule has 102 valence electrons. The van der Waals surface area contributed by atoms with Gasteiger partial charge in [0.2, 0.25) is 0 Å². The van der Waals surface area contributed by atoms with Crippen LogP contribution in [0.5, 0.6) is 11.5 Å². The molecule has 0 unspecified atom stereocenters. The fourth-order valence-electron chi connectivity index (χ4n) is 1.96. The topological polar surface area (TPSA) is 48.3 Å². The Balaban J connectivity index is 2.47. The van der Waals surface area contributed by atoms with Gasteiger partial charge >= 0.3 is 0 Å². The molecular weight excluding hydrogens is 242 g/mol. The van der Waals surface area contributed by atoms with Gasteiger partial charge in [0.05, 0.1) is 19.9 Å². The van der Waals surface area contributed by atoms with Gasteiger partial charge in [-0.3, -0.25) is 0 Å². The van der Waals surface area contributed by atoms with Crippen LogP contribution in [-0.4, -0.2) is 31.0 Å². The first-order chi connectivity index (χ1) is 9.19. The molecule has 1 aromatic heterocycles. The van der Waals surface area contributed by atoms with Crippen molar-refractivity contribution in [2.45, 2.75) is 13.5 Å². The maximum atomic E-state index is 5.38. The minimum atomic E-state index is 0.763. The summed E-state index contributed by atoms with van der Waals surface area (Å²) in [6, 6.07) is 5.66. The van der Waals surface area contributed by atoms with Gasteiger partial charge in [0, 0.05) is 24.4 Å². The van der Waals surface area contributed by atoms with E-state index in [2.05, 4.69) is 10.4 Å². The van der Waals surface area contributed by atoms with Crippen LogP contribution >= 0.6 is 0 Å². The fraction of sp³-hybridized carbons (Fsp3) is 0.357. The first-order valence-corrected chi connectivity index (χ1v) is 6.11. The van der Waals surface area contributed by atoms with E-state index in [1.165, 1.54) is 0 Å². The number of benzene rings is 1. The summed E-state index contributed by atoms with van der Waals surface area (Å²) >= 11 is 0. The Morgan fingerprint density at radius 3 is 2.68 bits per heavy atom. The van der Waals surface area contributed by atoms with E-state index in [4.69, 9.17) is 9.47 Å². The molecule has 0 saturated heterocycles. The number of ether oxygens (including phenoxy) is 2. The SMILES string of the molecule is CNCc1cn(-c2cc(OC)ccc2OC)nc1C. The molecular formula is C14H19N3O2. The van der Waals surface area contributed by atoms with E-state index in [0.29, 0.717) is 0 Å². The Labute approximate surface area is 113 Å². The first-order valence-electron chi connectivity index (χ1n) is 6.11.